The minimum Gasteiger partial charge on any atom is -0.489 e. The number of hydrogen-bond acceptors (Lipinski definition) is 4. The van der Waals surface area contributed by atoms with Gasteiger partial charge < -0.3 is 10.1 Å². The summed E-state index contributed by atoms with van der Waals surface area (Å²) in [5.41, 5.74) is 3.16. The third-order valence-electron chi connectivity index (χ3n) is 4.28. The third kappa shape index (κ3) is 5.94. The number of hydrogen-bond donors (Lipinski definition) is 1. The number of carbonyl (C=O) groups excluding carboxylic acids is 1. The summed E-state index contributed by atoms with van der Waals surface area (Å²) in [6.07, 6.45) is 6.63. The second-order valence-electron chi connectivity index (χ2n) is 7.37. The van der Waals surface area contributed by atoms with Crippen LogP contribution in [-0.4, -0.2) is 20.7 Å². The first-order chi connectivity index (χ1) is 14.4. The van der Waals surface area contributed by atoms with Gasteiger partial charge in [0.2, 0.25) is 5.91 Å². The van der Waals surface area contributed by atoms with Crippen LogP contribution < -0.4 is 10.1 Å². The highest BCUT2D eigenvalue weighted by molar-refractivity contribution is 6.31. The third-order valence-corrected chi connectivity index (χ3v) is 4.68. The van der Waals surface area contributed by atoms with Gasteiger partial charge in [-0.25, -0.2) is 0 Å². The zero-order valence-corrected chi connectivity index (χ0v) is 18.1. The Morgan fingerprint density at radius 2 is 2.13 bits per heavy atom. The highest BCUT2D eigenvalue weighted by Gasteiger charge is 2.12. The van der Waals surface area contributed by atoms with Crippen LogP contribution in [0.25, 0.3) is 6.08 Å². The average Bonchev–Trinajstić information content (AvgIpc) is 2.98. The Morgan fingerprint density at radius 1 is 1.30 bits per heavy atom. The van der Waals surface area contributed by atoms with Crippen LogP contribution in [0.5, 0.6) is 5.75 Å². The molecule has 0 unspecified atom stereocenters. The van der Waals surface area contributed by atoms with E-state index in [9.17, 15) is 4.79 Å². The van der Waals surface area contributed by atoms with E-state index >= 15 is 0 Å². The summed E-state index contributed by atoms with van der Waals surface area (Å²) in [6.45, 7) is 7.22. The van der Waals surface area contributed by atoms with Gasteiger partial charge in [0.05, 0.1) is 5.69 Å². The second kappa shape index (κ2) is 10.1. The molecule has 0 fully saturated rings. The van der Waals surface area contributed by atoms with Gasteiger partial charge in [-0.2, -0.15) is 5.10 Å². The topological polar surface area (TPSA) is 69.0 Å². The van der Waals surface area contributed by atoms with E-state index in [1.54, 1.807) is 29.2 Å². The molecule has 0 aliphatic carbocycles. The van der Waals surface area contributed by atoms with E-state index in [2.05, 4.69) is 29.2 Å². The molecule has 0 radical (unpaired) electrons. The lowest BCUT2D eigenvalue weighted by Crippen LogP contribution is -2.08. The van der Waals surface area contributed by atoms with Crippen molar-refractivity contribution in [3.8, 4) is 5.75 Å². The van der Waals surface area contributed by atoms with Crippen LogP contribution in [0.15, 0.2) is 54.9 Å². The first kappa shape index (κ1) is 21.6. The molecule has 0 aliphatic heterocycles. The van der Waals surface area contributed by atoms with E-state index in [-0.39, 0.29) is 5.91 Å². The van der Waals surface area contributed by atoms with Gasteiger partial charge >= 0.3 is 0 Å². The highest BCUT2D eigenvalue weighted by atomic mass is 35.5. The van der Waals surface area contributed by atoms with Crippen molar-refractivity contribution in [2.24, 2.45) is 5.92 Å². The summed E-state index contributed by atoms with van der Waals surface area (Å²) in [6, 6.07) is 11.1. The maximum atomic E-state index is 12.4. The molecular weight excluding hydrogens is 400 g/mol. The van der Waals surface area contributed by atoms with Crippen molar-refractivity contribution in [3.05, 3.63) is 76.8 Å². The fourth-order valence-corrected chi connectivity index (χ4v) is 3.19. The van der Waals surface area contributed by atoms with Crippen LogP contribution in [0.4, 0.5) is 5.69 Å². The molecule has 156 valence electrons. The summed E-state index contributed by atoms with van der Waals surface area (Å²) in [5, 5.41) is 7.83. The minimum absolute atomic E-state index is 0.258. The van der Waals surface area contributed by atoms with Crippen LogP contribution in [-0.2, 0) is 17.9 Å². The van der Waals surface area contributed by atoms with Crippen LogP contribution >= 0.6 is 11.6 Å². The first-order valence-corrected chi connectivity index (χ1v) is 10.1. The predicted octanol–water partition coefficient (Wildman–Crippen LogP) is 5.13. The molecule has 3 aromatic rings. The average molecular weight is 425 g/mol. The lowest BCUT2D eigenvalue weighted by molar-refractivity contribution is -0.111. The highest BCUT2D eigenvalue weighted by Crippen LogP contribution is 2.23. The zero-order chi connectivity index (χ0) is 21.5. The van der Waals surface area contributed by atoms with Crippen molar-refractivity contribution >= 4 is 29.3 Å². The van der Waals surface area contributed by atoms with Gasteiger partial charge in [-0.1, -0.05) is 37.6 Å². The van der Waals surface area contributed by atoms with Gasteiger partial charge in [0, 0.05) is 47.9 Å². The molecule has 1 amide bonds. The Labute approximate surface area is 181 Å². The zero-order valence-electron chi connectivity index (χ0n) is 17.3. The van der Waals surface area contributed by atoms with Crippen molar-refractivity contribution in [2.45, 2.75) is 33.9 Å². The van der Waals surface area contributed by atoms with Gasteiger partial charge in [-0.15, -0.1) is 0 Å². The first-order valence-electron chi connectivity index (χ1n) is 9.76. The standard InChI is InChI=1S/C23H25ClN4O2/c1-16(2)14-28-23(24)21(17(3)27-28)9-10-22(29)26-19-7-4-8-20(12-19)30-15-18-6-5-11-25-13-18/h4-13,16H,14-15H2,1-3H3,(H,26,29). The SMILES string of the molecule is Cc1nn(CC(C)C)c(Cl)c1C=CC(=O)Nc1cccc(OCc2cccnc2)c1. The van der Waals surface area contributed by atoms with Crippen molar-refractivity contribution < 1.29 is 9.53 Å². The lowest BCUT2D eigenvalue weighted by Gasteiger charge is -2.08. The number of rotatable bonds is 8. The molecule has 0 aliphatic rings. The Kier molecular flexibility index (Phi) is 7.25. The van der Waals surface area contributed by atoms with E-state index in [0.29, 0.717) is 29.1 Å². The number of halogens is 1. The van der Waals surface area contributed by atoms with Crippen molar-refractivity contribution in [1.29, 1.82) is 0 Å². The van der Waals surface area contributed by atoms with Crippen molar-refractivity contribution in [2.75, 3.05) is 5.32 Å². The fraction of sp³-hybridized carbons (Fsp3) is 0.261. The molecule has 2 heterocycles. The minimum atomic E-state index is -0.258. The largest absolute Gasteiger partial charge is 0.489 e. The van der Waals surface area contributed by atoms with E-state index in [0.717, 1.165) is 23.4 Å². The summed E-state index contributed by atoms with van der Waals surface area (Å²) in [4.78, 5) is 16.4. The van der Waals surface area contributed by atoms with E-state index in [1.807, 2.05) is 37.3 Å². The number of nitrogens with one attached hydrogen (secondary N) is 1. The maximum absolute atomic E-state index is 12.4. The van der Waals surface area contributed by atoms with Crippen LogP contribution in [0.2, 0.25) is 5.15 Å². The molecule has 0 bridgehead atoms. The number of benzene rings is 1. The monoisotopic (exact) mass is 424 g/mol. The number of nitrogens with zero attached hydrogens (tertiary/aromatic N) is 3. The Hall–Kier alpha value is -3.12. The number of amides is 1. The van der Waals surface area contributed by atoms with Crippen molar-refractivity contribution in [3.63, 3.8) is 0 Å². The smallest absolute Gasteiger partial charge is 0.248 e. The number of carbonyl (C=O) groups is 1. The molecule has 0 spiro atoms. The number of anilines is 1. The molecule has 0 saturated carbocycles. The number of aromatic nitrogens is 3. The molecule has 6 nitrogen and oxygen atoms in total. The lowest BCUT2D eigenvalue weighted by atomic mass is 10.2. The van der Waals surface area contributed by atoms with E-state index in [1.165, 1.54) is 6.08 Å². The predicted molar refractivity (Wildman–Crippen MR) is 119 cm³/mol. The van der Waals surface area contributed by atoms with Crippen LogP contribution in [0.3, 0.4) is 0 Å². The van der Waals surface area contributed by atoms with Gasteiger partial charge in [0.1, 0.15) is 17.5 Å². The van der Waals surface area contributed by atoms with Crippen LogP contribution in [0.1, 0.15) is 30.7 Å². The molecular formula is C23H25ClN4O2. The van der Waals surface area contributed by atoms with Crippen LogP contribution in [0, 0.1) is 12.8 Å². The van der Waals surface area contributed by atoms with Crippen molar-refractivity contribution in [1.82, 2.24) is 14.8 Å². The molecule has 2 aromatic heterocycles. The quantitative estimate of drug-likeness (QED) is 0.509. The summed E-state index contributed by atoms with van der Waals surface area (Å²) >= 11 is 6.42. The summed E-state index contributed by atoms with van der Waals surface area (Å²) in [7, 11) is 0. The number of aryl methyl sites for hydroxylation is 1. The number of ether oxygens (including phenoxy) is 1. The molecule has 7 heteroatoms. The van der Waals surface area contributed by atoms with Gasteiger partial charge in [0.25, 0.3) is 0 Å². The Morgan fingerprint density at radius 3 is 2.87 bits per heavy atom. The normalized spacial score (nSPS) is 11.2. The fourth-order valence-electron chi connectivity index (χ4n) is 2.88. The molecule has 3 rings (SSSR count). The molecule has 0 saturated heterocycles. The number of pyridine rings is 1. The maximum Gasteiger partial charge on any atom is 0.248 e. The van der Waals surface area contributed by atoms with E-state index < -0.39 is 0 Å². The molecule has 0 atom stereocenters. The second-order valence-corrected chi connectivity index (χ2v) is 7.72. The summed E-state index contributed by atoms with van der Waals surface area (Å²) in [5.74, 6) is 0.829. The van der Waals surface area contributed by atoms with E-state index in [4.69, 9.17) is 16.3 Å². The van der Waals surface area contributed by atoms with Gasteiger partial charge in [0.15, 0.2) is 0 Å². The summed E-state index contributed by atoms with van der Waals surface area (Å²) < 4.78 is 7.54. The van der Waals surface area contributed by atoms with Gasteiger partial charge in [-0.3, -0.25) is 14.5 Å². The molecule has 1 N–H and O–H groups in total. The Bertz CT molecular complexity index is 1030. The Balaban J connectivity index is 1.62. The molecule has 30 heavy (non-hydrogen) atoms. The molecule has 1 aromatic carbocycles. The van der Waals surface area contributed by atoms with Gasteiger partial charge in [-0.05, 0) is 37.1 Å².